The van der Waals surface area contributed by atoms with E-state index in [9.17, 15) is 4.79 Å². The summed E-state index contributed by atoms with van der Waals surface area (Å²) in [5.41, 5.74) is 1.12. The average Bonchev–Trinajstić information content (AvgIpc) is 3.22. The van der Waals surface area contributed by atoms with Crippen LogP contribution in [0.1, 0.15) is 33.8 Å². The number of nitriles is 1. The summed E-state index contributed by atoms with van der Waals surface area (Å²) in [4.78, 5) is 18.8. The second-order valence-electron chi connectivity index (χ2n) is 5.10. The number of thiazole rings is 1. The quantitative estimate of drug-likeness (QED) is 0.852. The molecule has 0 radical (unpaired) electrons. The van der Waals surface area contributed by atoms with Crippen molar-refractivity contribution in [3.8, 4) is 6.07 Å². The molecular weight excluding hydrogens is 282 g/mol. The minimum Gasteiger partial charge on any atom is -0.335 e. The Kier molecular flexibility index (Phi) is 3.98. The summed E-state index contributed by atoms with van der Waals surface area (Å²) >= 11 is 1.62. The SMILES string of the molecule is N#Cc1cccc(C(=O)N(CCc2nccs2)C2CC2)c1. The number of benzene rings is 1. The maximum absolute atomic E-state index is 12.7. The molecule has 0 N–H and O–H groups in total. The molecule has 5 heteroatoms. The first-order valence-corrected chi connectivity index (χ1v) is 7.85. The highest BCUT2D eigenvalue weighted by Gasteiger charge is 2.32. The lowest BCUT2D eigenvalue weighted by molar-refractivity contribution is 0.0745. The summed E-state index contributed by atoms with van der Waals surface area (Å²) in [6.07, 6.45) is 4.72. The van der Waals surface area contributed by atoms with Gasteiger partial charge in [-0.15, -0.1) is 11.3 Å². The molecule has 1 aromatic heterocycles. The van der Waals surface area contributed by atoms with Crippen LogP contribution in [0.25, 0.3) is 0 Å². The molecule has 1 aromatic carbocycles. The largest absolute Gasteiger partial charge is 0.335 e. The molecule has 0 unspecified atom stereocenters. The number of carbonyl (C=O) groups is 1. The van der Waals surface area contributed by atoms with Crippen LogP contribution in [0.2, 0.25) is 0 Å². The third-order valence-electron chi connectivity index (χ3n) is 3.54. The van der Waals surface area contributed by atoms with Crippen molar-refractivity contribution in [1.29, 1.82) is 5.26 Å². The second-order valence-corrected chi connectivity index (χ2v) is 6.08. The monoisotopic (exact) mass is 297 g/mol. The van der Waals surface area contributed by atoms with Gasteiger partial charge in [0.05, 0.1) is 16.6 Å². The first-order chi connectivity index (χ1) is 10.3. The van der Waals surface area contributed by atoms with E-state index in [4.69, 9.17) is 5.26 Å². The molecule has 0 saturated heterocycles. The van der Waals surface area contributed by atoms with Crippen LogP contribution in [-0.2, 0) is 6.42 Å². The summed E-state index contributed by atoms with van der Waals surface area (Å²) in [5, 5.41) is 12.0. The van der Waals surface area contributed by atoms with Gasteiger partial charge in [0.2, 0.25) is 0 Å². The van der Waals surface area contributed by atoms with Gasteiger partial charge >= 0.3 is 0 Å². The molecule has 1 saturated carbocycles. The van der Waals surface area contributed by atoms with Crippen molar-refractivity contribution in [3.05, 3.63) is 52.0 Å². The van der Waals surface area contributed by atoms with Crippen molar-refractivity contribution < 1.29 is 4.79 Å². The van der Waals surface area contributed by atoms with E-state index in [2.05, 4.69) is 11.1 Å². The number of amides is 1. The molecule has 1 amide bonds. The molecule has 0 bridgehead atoms. The molecule has 0 aliphatic heterocycles. The van der Waals surface area contributed by atoms with Gasteiger partial charge in [-0.1, -0.05) is 6.07 Å². The molecule has 1 fully saturated rings. The molecule has 106 valence electrons. The van der Waals surface area contributed by atoms with Crippen LogP contribution < -0.4 is 0 Å². The molecule has 0 atom stereocenters. The summed E-state index contributed by atoms with van der Waals surface area (Å²) in [7, 11) is 0. The Morgan fingerprint density at radius 3 is 3.00 bits per heavy atom. The zero-order valence-corrected chi connectivity index (χ0v) is 12.3. The average molecular weight is 297 g/mol. The van der Waals surface area contributed by atoms with Crippen molar-refractivity contribution >= 4 is 17.2 Å². The lowest BCUT2D eigenvalue weighted by Gasteiger charge is -2.22. The Balaban J connectivity index is 1.73. The molecule has 1 heterocycles. The molecule has 0 spiro atoms. The minimum absolute atomic E-state index is 0.0196. The lowest BCUT2D eigenvalue weighted by atomic mass is 10.1. The fourth-order valence-electron chi connectivity index (χ4n) is 2.32. The summed E-state index contributed by atoms with van der Waals surface area (Å²) in [5.74, 6) is 0.0196. The zero-order valence-electron chi connectivity index (χ0n) is 11.5. The number of rotatable bonds is 5. The van der Waals surface area contributed by atoms with Crippen LogP contribution in [-0.4, -0.2) is 28.4 Å². The Morgan fingerprint density at radius 2 is 2.33 bits per heavy atom. The number of hydrogen-bond donors (Lipinski definition) is 0. The Labute approximate surface area is 127 Å². The second kappa shape index (κ2) is 6.06. The van der Waals surface area contributed by atoms with Crippen molar-refractivity contribution in [2.75, 3.05) is 6.54 Å². The Bertz CT molecular complexity index is 671. The van der Waals surface area contributed by atoms with Gasteiger partial charge < -0.3 is 4.90 Å². The maximum atomic E-state index is 12.7. The van der Waals surface area contributed by atoms with Gasteiger partial charge in [0.15, 0.2) is 0 Å². The standard InChI is InChI=1S/C16H15N3OS/c17-11-12-2-1-3-13(10-12)16(20)19(14-4-5-14)8-6-15-18-7-9-21-15/h1-3,7,9-10,14H,4-6,8H2. The fraction of sp³-hybridized carbons (Fsp3) is 0.312. The summed E-state index contributed by atoms with van der Waals surface area (Å²) < 4.78 is 0. The van der Waals surface area contributed by atoms with Crippen molar-refractivity contribution in [2.24, 2.45) is 0 Å². The molecule has 21 heavy (non-hydrogen) atoms. The first kappa shape index (κ1) is 13.8. The fourth-order valence-corrected chi connectivity index (χ4v) is 2.93. The molecule has 3 rings (SSSR count). The number of aromatic nitrogens is 1. The van der Waals surface area contributed by atoms with Crippen molar-refractivity contribution in [3.63, 3.8) is 0 Å². The topological polar surface area (TPSA) is 57.0 Å². The van der Waals surface area contributed by atoms with Crippen LogP contribution in [0.4, 0.5) is 0 Å². The van der Waals surface area contributed by atoms with Crippen LogP contribution in [0, 0.1) is 11.3 Å². The van der Waals surface area contributed by atoms with Crippen LogP contribution in [0.15, 0.2) is 35.8 Å². The predicted molar refractivity (Wildman–Crippen MR) is 81.0 cm³/mol. The van der Waals surface area contributed by atoms with Crippen LogP contribution in [0.3, 0.4) is 0 Å². The molecule has 2 aromatic rings. The van der Waals surface area contributed by atoms with E-state index in [-0.39, 0.29) is 5.91 Å². The summed E-state index contributed by atoms with van der Waals surface area (Å²) in [6, 6.07) is 9.36. The van der Waals surface area contributed by atoms with E-state index in [0.29, 0.717) is 23.7 Å². The maximum Gasteiger partial charge on any atom is 0.254 e. The third kappa shape index (κ3) is 3.29. The molecular formula is C16H15N3OS. The molecule has 1 aliphatic rings. The highest BCUT2D eigenvalue weighted by atomic mass is 32.1. The highest BCUT2D eigenvalue weighted by molar-refractivity contribution is 7.09. The van der Waals surface area contributed by atoms with Gasteiger partial charge in [-0.25, -0.2) is 4.98 Å². The van der Waals surface area contributed by atoms with Gasteiger partial charge in [-0.05, 0) is 31.0 Å². The summed E-state index contributed by atoms with van der Waals surface area (Å²) in [6.45, 7) is 0.688. The smallest absolute Gasteiger partial charge is 0.254 e. The van der Waals surface area contributed by atoms with Gasteiger partial charge in [-0.2, -0.15) is 5.26 Å². The number of carbonyl (C=O) groups excluding carboxylic acids is 1. The van der Waals surface area contributed by atoms with Crippen LogP contribution >= 0.6 is 11.3 Å². The predicted octanol–water partition coefficient (Wildman–Crippen LogP) is 2.86. The van der Waals surface area contributed by atoms with E-state index in [1.807, 2.05) is 10.3 Å². The van der Waals surface area contributed by atoms with Crippen molar-refractivity contribution in [1.82, 2.24) is 9.88 Å². The first-order valence-electron chi connectivity index (χ1n) is 6.97. The Morgan fingerprint density at radius 1 is 1.48 bits per heavy atom. The van der Waals surface area contributed by atoms with E-state index in [1.165, 1.54) is 0 Å². The normalized spacial score (nSPS) is 13.7. The van der Waals surface area contributed by atoms with Gasteiger partial charge in [0, 0.05) is 36.1 Å². The zero-order chi connectivity index (χ0) is 14.7. The van der Waals surface area contributed by atoms with Crippen molar-refractivity contribution in [2.45, 2.75) is 25.3 Å². The van der Waals surface area contributed by atoms with E-state index in [1.54, 1.807) is 41.8 Å². The number of hydrogen-bond acceptors (Lipinski definition) is 4. The molecule has 4 nitrogen and oxygen atoms in total. The highest BCUT2D eigenvalue weighted by Crippen LogP contribution is 2.28. The number of nitrogens with zero attached hydrogens (tertiary/aromatic N) is 3. The lowest BCUT2D eigenvalue weighted by Crippen LogP contribution is -2.35. The Hall–Kier alpha value is -2.19. The van der Waals surface area contributed by atoms with E-state index >= 15 is 0 Å². The minimum atomic E-state index is 0.0196. The van der Waals surface area contributed by atoms with Gasteiger partial charge in [-0.3, -0.25) is 4.79 Å². The third-order valence-corrected chi connectivity index (χ3v) is 4.38. The van der Waals surface area contributed by atoms with Gasteiger partial charge in [0.1, 0.15) is 0 Å². The van der Waals surface area contributed by atoms with E-state index in [0.717, 1.165) is 24.3 Å². The van der Waals surface area contributed by atoms with Gasteiger partial charge in [0.25, 0.3) is 5.91 Å². The van der Waals surface area contributed by atoms with Crippen LogP contribution in [0.5, 0.6) is 0 Å². The molecule has 1 aliphatic carbocycles. The van der Waals surface area contributed by atoms with E-state index < -0.39 is 0 Å².